The molecule has 0 saturated heterocycles. The predicted molar refractivity (Wildman–Crippen MR) is 57.3 cm³/mol. The minimum Gasteiger partial charge on any atom is -0.265 e. The molecule has 1 heterocycles. The van der Waals surface area contributed by atoms with Crippen LogP contribution in [0.1, 0.15) is 0 Å². The molecule has 21 heavy (non-hydrogen) atoms. The number of hydrogen-bond acceptors (Lipinski definition) is 5. The van der Waals surface area contributed by atoms with Gasteiger partial charge in [0.1, 0.15) is 0 Å². The van der Waals surface area contributed by atoms with Gasteiger partial charge in [-0.3, -0.25) is 4.98 Å². The van der Waals surface area contributed by atoms with Crippen LogP contribution in [0.2, 0.25) is 0 Å². The average molecular weight is 360 g/mol. The lowest BCUT2D eigenvalue weighted by Gasteiger charge is -2.11. The van der Waals surface area contributed by atoms with Gasteiger partial charge < -0.3 is 0 Å². The van der Waals surface area contributed by atoms with Crippen LogP contribution < -0.4 is 4.13 Å². The first-order chi connectivity index (χ1) is 9.21. The van der Waals surface area contributed by atoms with Crippen LogP contribution in [-0.4, -0.2) is 32.8 Å². The molecule has 14 heteroatoms. The van der Waals surface area contributed by atoms with Gasteiger partial charge in [0, 0.05) is 12.4 Å². The molecule has 1 aromatic rings. The third-order valence-electron chi connectivity index (χ3n) is 1.40. The number of aromatic nitrogens is 1. The van der Waals surface area contributed by atoms with Crippen molar-refractivity contribution in [3.05, 3.63) is 30.6 Å². The summed E-state index contributed by atoms with van der Waals surface area (Å²) in [5.74, 6) is 0. The molecule has 0 aliphatic heterocycles. The smallest absolute Gasteiger partial charge is 0.265 e. The molecule has 0 aliphatic rings. The topological polar surface area (TPSA) is 93.2 Å². The van der Waals surface area contributed by atoms with Crippen LogP contribution in [0.25, 0.3) is 0 Å². The van der Waals surface area contributed by atoms with E-state index in [1.807, 2.05) is 18.2 Å². The zero-order chi connectivity index (χ0) is 16.9. The number of sulfonamides is 2. The van der Waals surface area contributed by atoms with Gasteiger partial charge in [-0.15, -0.1) is 0 Å². The Hall–Kier alpha value is -1.41. The number of halogens is 6. The van der Waals surface area contributed by atoms with Crippen LogP contribution in [0, 0.1) is 0 Å². The Balaban J connectivity index is 0.000000547. The molecule has 6 nitrogen and oxygen atoms in total. The van der Waals surface area contributed by atoms with Crippen molar-refractivity contribution in [1.82, 2.24) is 9.11 Å². The van der Waals surface area contributed by atoms with E-state index in [-0.39, 0.29) is 0 Å². The maximum Gasteiger partial charge on any atom is 0.512 e. The van der Waals surface area contributed by atoms with E-state index in [2.05, 4.69) is 4.98 Å². The molecule has 0 bridgehead atoms. The predicted octanol–water partition coefficient (Wildman–Crippen LogP) is 1.36. The number of pyridine rings is 1. The third-order valence-corrected chi connectivity index (χ3v) is 4.37. The zero-order valence-electron chi connectivity index (χ0n) is 9.55. The number of rotatable bonds is 2. The van der Waals surface area contributed by atoms with E-state index >= 15 is 0 Å². The number of nitrogens with one attached hydrogen (secondary N) is 1. The van der Waals surface area contributed by atoms with Crippen LogP contribution in [-0.2, 0) is 20.0 Å². The highest BCUT2D eigenvalue weighted by Crippen LogP contribution is 2.27. The second kappa shape index (κ2) is 6.57. The first-order valence-electron chi connectivity index (χ1n) is 4.47. The normalized spacial score (nSPS) is 13.2. The van der Waals surface area contributed by atoms with Gasteiger partial charge in [-0.2, -0.15) is 26.3 Å². The Labute approximate surface area is 114 Å². The molecule has 0 aliphatic carbocycles. The second-order valence-corrected chi connectivity index (χ2v) is 6.61. The van der Waals surface area contributed by atoms with Crippen molar-refractivity contribution in [3.8, 4) is 0 Å². The molecule has 0 saturated carbocycles. The summed E-state index contributed by atoms with van der Waals surface area (Å²) < 4.78 is 108. The minimum atomic E-state index is -6.60. The molecule has 0 aromatic carbocycles. The van der Waals surface area contributed by atoms with Gasteiger partial charge in [-0.25, -0.2) is 16.8 Å². The average Bonchev–Trinajstić information content (AvgIpc) is 2.27. The highest BCUT2D eigenvalue weighted by Gasteiger charge is 2.55. The van der Waals surface area contributed by atoms with E-state index in [0.717, 1.165) is 0 Å². The molecule has 122 valence electrons. The summed E-state index contributed by atoms with van der Waals surface area (Å²) in [6.45, 7) is 0. The Kier molecular flexibility index (Phi) is 6.13. The van der Waals surface area contributed by atoms with E-state index in [9.17, 15) is 43.2 Å². The first-order valence-corrected chi connectivity index (χ1v) is 7.43. The summed E-state index contributed by atoms with van der Waals surface area (Å²) in [5.41, 5.74) is -12.3. The van der Waals surface area contributed by atoms with Crippen molar-refractivity contribution < 1.29 is 43.2 Å². The van der Waals surface area contributed by atoms with Gasteiger partial charge in [0.15, 0.2) is 0 Å². The Morgan fingerprint density at radius 1 is 0.714 bits per heavy atom. The molecule has 0 spiro atoms. The molecular formula is C7H6F6N2O4S2. The van der Waals surface area contributed by atoms with Gasteiger partial charge in [-0.1, -0.05) is 10.2 Å². The summed E-state index contributed by atoms with van der Waals surface area (Å²) in [6, 6.07) is 5.72. The maximum absolute atomic E-state index is 11.5. The van der Waals surface area contributed by atoms with Crippen LogP contribution in [0.15, 0.2) is 30.6 Å². The number of alkyl halides is 6. The Morgan fingerprint density at radius 3 is 1.19 bits per heavy atom. The highest BCUT2D eigenvalue weighted by atomic mass is 32.3. The van der Waals surface area contributed by atoms with Crippen LogP contribution >= 0.6 is 0 Å². The molecule has 0 atom stereocenters. The fourth-order valence-corrected chi connectivity index (χ4v) is 2.46. The lowest BCUT2D eigenvalue weighted by molar-refractivity contribution is -0.0476. The molecule has 0 radical (unpaired) electrons. The monoisotopic (exact) mass is 360 g/mol. The van der Waals surface area contributed by atoms with Crippen molar-refractivity contribution in [3.63, 3.8) is 0 Å². The van der Waals surface area contributed by atoms with E-state index < -0.39 is 35.2 Å². The van der Waals surface area contributed by atoms with Crippen LogP contribution in [0.3, 0.4) is 0 Å². The van der Waals surface area contributed by atoms with Crippen molar-refractivity contribution >= 4 is 20.0 Å². The fraction of sp³-hybridized carbons (Fsp3) is 0.286. The van der Waals surface area contributed by atoms with E-state index in [4.69, 9.17) is 0 Å². The second-order valence-electron chi connectivity index (χ2n) is 3.01. The van der Waals surface area contributed by atoms with Crippen LogP contribution in [0.5, 0.6) is 0 Å². The molecule has 1 rings (SSSR count). The van der Waals surface area contributed by atoms with Crippen molar-refractivity contribution in [1.29, 1.82) is 0 Å². The van der Waals surface area contributed by atoms with E-state index in [1.165, 1.54) is 0 Å². The van der Waals surface area contributed by atoms with Crippen molar-refractivity contribution in [2.45, 2.75) is 11.0 Å². The van der Waals surface area contributed by atoms with E-state index in [1.54, 1.807) is 12.4 Å². The summed E-state index contributed by atoms with van der Waals surface area (Å²) in [5, 5.41) is 0. The summed E-state index contributed by atoms with van der Waals surface area (Å²) in [6.07, 6.45) is 3.50. The summed E-state index contributed by atoms with van der Waals surface area (Å²) in [4.78, 5) is 3.78. The molecule has 1 N–H and O–H groups in total. The van der Waals surface area contributed by atoms with Gasteiger partial charge in [0.25, 0.3) is 0 Å². The maximum atomic E-state index is 11.5. The third kappa shape index (κ3) is 6.26. The standard InChI is InChI=1S/C5H5N.C2HF6NO4S2/c1-2-4-6-5-3-1;3-1(4,5)14(10,11)9-15(12,13)2(6,7)8/h1-5H;9H. The van der Waals surface area contributed by atoms with Gasteiger partial charge in [0.2, 0.25) is 0 Å². The van der Waals surface area contributed by atoms with Gasteiger partial charge in [0.05, 0.1) is 0 Å². The number of hydrogen-bond donors (Lipinski definition) is 1. The van der Waals surface area contributed by atoms with Gasteiger partial charge in [-0.05, 0) is 12.1 Å². The summed E-state index contributed by atoms with van der Waals surface area (Å²) >= 11 is 0. The minimum absolute atomic E-state index is 0.493. The Bertz CT molecular complexity index is 569. The lowest BCUT2D eigenvalue weighted by atomic mass is 10.5. The molecule has 0 amide bonds. The SMILES string of the molecule is O=S(=O)(NS(=O)(=O)C(F)(F)F)C(F)(F)F.c1ccncc1. The molecular weight excluding hydrogens is 354 g/mol. The first kappa shape index (κ1) is 19.6. The zero-order valence-corrected chi connectivity index (χ0v) is 11.2. The molecule has 0 fully saturated rings. The molecule has 1 aromatic heterocycles. The quantitative estimate of drug-likeness (QED) is 0.804. The fourth-order valence-electron chi connectivity index (χ4n) is 0.552. The lowest BCUT2D eigenvalue weighted by Crippen LogP contribution is -2.45. The number of nitrogens with zero attached hydrogens (tertiary/aromatic N) is 1. The van der Waals surface area contributed by atoms with E-state index in [0.29, 0.717) is 0 Å². The van der Waals surface area contributed by atoms with Gasteiger partial charge >= 0.3 is 31.1 Å². The van der Waals surface area contributed by atoms with Crippen molar-refractivity contribution in [2.24, 2.45) is 0 Å². The highest BCUT2D eigenvalue weighted by molar-refractivity contribution is 8.05. The summed E-state index contributed by atoms with van der Waals surface area (Å²) in [7, 11) is -13.2. The van der Waals surface area contributed by atoms with Crippen molar-refractivity contribution in [2.75, 3.05) is 0 Å². The largest absolute Gasteiger partial charge is 0.512 e. The Morgan fingerprint density at radius 2 is 1.05 bits per heavy atom. The molecule has 0 unspecified atom stereocenters. The van der Waals surface area contributed by atoms with Crippen LogP contribution in [0.4, 0.5) is 26.3 Å².